The average Bonchev–Trinajstić information content (AvgIpc) is 2.14. The Morgan fingerprint density at radius 1 is 1.46 bits per heavy atom. The third-order valence-corrected chi connectivity index (χ3v) is 1.92. The van der Waals surface area contributed by atoms with E-state index < -0.39 is 0 Å². The van der Waals surface area contributed by atoms with Crippen molar-refractivity contribution in [1.29, 1.82) is 0 Å². The largest absolute Gasteiger partial charge is 0.507 e. The monoisotopic (exact) mass is 183 g/mol. The van der Waals surface area contributed by atoms with Crippen LogP contribution < -0.4 is 10.2 Å². The molecule has 0 aliphatic heterocycles. The molecule has 0 amide bonds. The summed E-state index contributed by atoms with van der Waals surface area (Å²) in [6, 6.07) is 3.51. The molecule has 0 aromatic heterocycles. The Hall–Kier alpha value is -1.26. The second-order valence-corrected chi connectivity index (χ2v) is 2.75. The van der Waals surface area contributed by atoms with Crippen molar-refractivity contribution in [2.75, 3.05) is 7.11 Å². The van der Waals surface area contributed by atoms with Crippen molar-refractivity contribution in [3.63, 3.8) is 0 Å². The maximum Gasteiger partial charge on any atom is 0.127 e. The lowest BCUT2D eigenvalue weighted by molar-refractivity contribution is 0.159. The van der Waals surface area contributed by atoms with Gasteiger partial charge in [0.1, 0.15) is 11.5 Å². The highest BCUT2D eigenvalue weighted by atomic mass is 16.5. The molecule has 1 aromatic rings. The highest BCUT2D eigenvalue weighted by Gasteiger charge is 2.09. The van der Waals surface area contributed by atoms with Crippen LogP contribution in [0.4, 0.5) is 0 Å². The van der Waals surface area contributed by atoms with Crippen molar-refractivity contribution < 1.29 is 15.1 Å². The Morgan fingerprint density at radius 2 is 2.15 bits per heavy atom. The molecule has 13 heavy (non-hydrogen) atoms. The first kappa shape index (κ1) is 9.83. The summed E-state index contributed by atoms with van der Waals surface area (Å²) in [5.74, 6) is 0.713. The van der Waals surface area contributed by atoms with Gasteiger partial charge in [0.15, 0.2) is 0 Å². The number of benzene rings is 1. The van der Waals surface area contributed by atoms with Crippen LogP contribution in [0.3, 0.4) is 0 Å². The summed E-state index contributed by atoms with van der Waals surface area (Å²) in [4.78, 5) is 0. The molecule has 0 aliphatic rings. The maximum atomic E-state index is 9.61. The zero-order valence-corrected chi connectivity index (χ0v) is 7.66. The van der Waals surface area contributed by atoms with E-state index in [1.807, 2.05) is 5.48 Å². The number of phenols is 1. The van der Waals surface area contributed by atoms with Crippen LogP contribution in [0.2, 0.25) is 0 Å². The van der Waals surface area contributed by atoms with Crippen molar-refractivity contribution in [2.45, 2.75) is 13.5 Å². The van der Waals surface area contributed by atoms with Crippen LogP contribution in [0.15, 0.2) is 12.1 Å². The molecule has 3 N–H and O–H groups in total. The predicted molar refractivity (Wildman–Crippen MR) is 48.0 cm³/mol. The van der Waals surface area contributed by atoms with Gasteiger partial charge in [-0.1, -0.05) is 6.07 Å². The third-order valence-electron chi connectivity index (χ3n) is 1.92. The van der Waals surface area contributed by atoms with Gasteiger partial charge in [0.2, 0.25) is 0 Å². The number of hydroxylamine groups is 1. The summed E-state index contributed by atoms with van der Waals surface area (Å²) in [5.41, 5.74) is 3.30. The number of ether oxygens (including phenoxy) is 1. The number of phenolic OH excluding ortho intramolecular Hbond substituents is 1. The number of methoxy groups -OCH3 is 1. The maximum absolute atomic E-state index is 9.61. The summed E-state index contributed by atoms with van der Waals surface area (Å²) >= 11 is 0. The van der Waals surface area contributed by atoms with Gasteiger partial charge in [-0.2, -0.15) is 0 Å². The van der Waals surface area contributed by atoms with Crippen molar-refractivity contribution in [3.05, 3.63) is 23.3 Å². The van der Waals surface area contributed by atoms with Gasteiger partial charge in [-0.05, 0) is 18.6 Å². The fourth-order valence-electron chi connectivity index (χ4n) is 1.18. The molecule has 0 atom stereocenters. The summed E-state index contributed by atoms with van der Waals surface area (Å²) < 4.78 is 5.02. The second-order valence-electron chi connectivity index (χ2n) is 2.75. The van der Waals surface area contributed by atoms with Crippen LogP contribution in [0.5, 0.6) is 11.5 Å². The van der Waals surface area contributed by atoms with E-state index in [0.29, 0.717) is 11.3 Å². The van der Waals surface area contributed by atoms with Crippen LogP contribution in [-0.4, -0.2) is 17.4 Å². The standard InChI is InChI=1S/C9H13NO3/c1-6-3-4-8(13-2)7(5-10-12)9(6)11/h3-4,10-12H,5H2,1-2H3. The minimum atomic E-state index is 0.154. The highest BCUT2D eigenvalue weighted by molar-refractivity contribution is 5.48. The first-order valence-corrected chi connectivity index (χ1v) is 3.93. The minimum absolute atomic E-state index is 0.154. The van der Waals surface area contributed by atoms with Gasteiger partial charge in [0.05, 0.1) is 19.2 Å². The van der Waals surface area contributed by atoms with Crippen molar-refractivity contribution in [3.8, 4) is 11.5 Å². The van der Waals surface area contributed by atoms with Crippen LogP contribution in [0.1, 0.15) is 11.1 Å². The molecule has 0 spiro atoms. The van der Waals surface area contributed by atoms with E-state index >= 15 is 0 Å². The smallest absolute Gasteiger partial charge is 0.127 e. The van der Waals surface area contributed by atoms with Gasteiger partial charge in [0.25, 0.3) is 0 Å². The zero-order valence-electron chi connectivity index (χ0n) is 7.66. The zero-order chi connectivity index (χ0) is 9.84. The molecule has 4 nitrogen and oxygen atoms in total. The van der Waals surface area contributed by atoms with Crippen molar-refractivity contribution in [2.24, 2.45) is 0 Å². The molecule has 0 bridgehead atoms. The fourth-order valence-corrected chi connectivity index (χ4v) is 1.18. The highest BCUT2D eigenvalue weighted by Crippen LogP contribution is 2.30. The number of aryl methyl sites for hydroxylation is 1. The SMILES string of the molecule is COc1ccc(C)c(O)c1CNO. The molecule has 0 heterocycles. The van der Waals surface area contributed by atoms with Gasteiger partial charge in [-0.25, -0.2) is 5.48 Å². The van der Waals surface area contributed by atoms with E-state index in [0.717, 1.165) is 5.56 Å². The molecule has 1 aromatic carbocycles. The van der Waals surface area contributed by atoms with Crippen LogP contribution in [-0.2, 0) is 6.54 Å². The molecular formula is C9H13NO3. The Labute approximate surface area is 76.7 Å². The number of nitrogens with one attached hydrogen (secondary N) is 1. The minimum Gasteiger partial charge on any atom is -0.507 e. The van der Waals surface area contributed by atoms with Gasteiger partial charge in [0, 0.05) is 0 Å². The number of hydrogen-bond donors (Lipinski definition) is 3. The summed E-state index contributed by atoms with van der Waals surface area (Å²) in [7, 11) is 1.52. The number of aromatic hydroxyl groups is 1. The van der Waals surface area contributed by atoms with E-state index in [9.17, 15) is 5.11 Å². The Balaban J connectivity index is 3.15. The van der Waals surface area contributed by atoms with Crippen molar-refractivity contribution in [1.82, 2.24) is 5.48 Å². The van der Waals surface area contributed by atoms with Crippen LogP contribution >= 0.6 is 0 Å². The van der Waals surface area contributed by atoms with E-state index in [1.54, 1.807) is 19.1 Å². The molecule has 0 saturated heterocycles. The van der Waals surface area contributed by atoms with E-state index in [4.69, 9.17) is 9.94 Å². The number of rotatable bonds is 3. The summed E-state index contributed by atoms with van der Waals surface area (Å²) in [6.07, 6.45) is 0. The normalized spacial score (nSPS) is 10.1. The summed E-state index contributed by atoms with van der Waals surface area (Å²) in [6.45, 7) is 1.95. The lowest BCUT2D eigenvalue weighted by atomic mass is 10.1. The van der Waals surface area contributed by atoms with E-state index in [2.05, 4.69) is 0 Å². The molecule has 0 saturated carbocycles. The fraction of sp³-hybridized carbons (Fsp3) is 0.333. The number of hydrogen-bond acceptors (Lipinski definition) is 4. The molecule has 72 valence electrons. The van der Waals surface area contributed by atoms with E-state index in [1.165, 1.54) is 7.11 Å². The van der Waals surface area contributed by atoms with Gasteiger partial charge < -0.3 is 15.1 Å². The third kappa shape index (κ3) is 1.91. The quantitative estimate of drug-likeness (QED) is 0.616. The lowest BCUT2D eigenvalue weighted by Crippen LogP contribution is -2.08. The van der Waals surface area contributed by atoms with Crippen molar-refractivity contribution >= 4 is 0 Å². The first-order chi connectivity index (χ1) is 6.20. The second kappa shape index (κ2) is 4.11. The Morgan fingerprint density at radius 3 is 2.69 bits per heavy atom. The molecule has 0 fully saturated rings. The molecule has 0 unspecified atom stereocenters. The molecule has 1 rings (SSSR count). The lowest BCUT2D eigenvalue weighted by Gasteiger charge is -2.11. The molecular weight excluding hydrogens is 170 g/mol. The molecule has 0 aliphatic carbocycles. The van der Waals surface area contributed by atoms with E-state index in [-0.39, 0.29) is 12.3 Å². The van der Waals surface area contributed by atoms with Crippen LogP contribution in [0.25, 0.3) is 0 Å². The Kier molecular flexibility index (Phi) is 3.11. The molecule has 0 radical (unpaired) electrons. The first-order valence-electron chi connectivity index (χ1n) is 3.93. The average molecular weight is 183 g/mol. The van der Waals surface area contributed by atoms with Gasteiger partial charge >= 0.3 is 0 Å². The molecule has 4 heteroatoms. The van der Waals surface area contributed by atoms with Gasteiger partial charge in [-0.3, -0.25) is 0 Å². The van der Waals surface area contributed by atoms with Crippen LogP contribution in [0, 0.1) is 6.92 Å². The summed E-state index contributed by atoms with van der Waals surface area (Å²) in [5, 5.41) is 18.1. The topological polar surface area (TPSA) is 61.7 Å². The van der Waals surface area contributed by atoms with Gasteiger partial charge in [-0.15, -0.1) is 0 Å². The Bertz CT molecular complexity index is 299. The predicted octanol–water partition coefficient (Wildman–Crippen LogP) is 1.19.